The number of thiazole rings is 1. The number of carbonyl (C=O) groups excluding carboxylic acids is 2. The summed E-state index contributed by atoms with van der Waals surface area (Å²) in [6, 6.07) is 1.18. The van der Waals surface area contributed by atoms with Crippen LogP contribution < -0.4 is 10.6 Å². The van der Waals surface area contributed by atoms with Gasteiger partial charge in [-0.25, -0.2) is 4.98 Å². The zero-order chi connectivity index (χ0) is 23.4. The molecule has 31 heavy (non-hydrogen) atoms. The number of carbonyl (C=O) groups is 2. The van der Waals surface area contributed by atoms with E-state index in [1.165, 1.54) is 23.9 Å². The van der Waals surface area contributed by atoms with Crippen molar-refractivity contribution in [3.8, 4) is 0 Å². The first kappa shape index (κ1) is 24.7. The van der Waals surface area contributed by atoms with E-state index in [0.717, 1.165) is 11.3 Å². The Bertz CT molecular complexity index is 963. The van der Waals surface area contributed by atoms with E-state index in [-0.39, 0.29) is 33.2 Å². The Morgan fingerprint density at radius 1 is 1.32 bits per heavy atom. The monoisotopic (exact) mass is 467 g/mol. The minimum atomic E-state index is -1.80. The van der Waals surface area contributed by atoms with Gasteiger partial charge in [-0.05, 0) is 24.6 Å². The molecule has 0 saturated heterocycles. The molecule has 2 aromatic rings. The van der Waals surface area contributed by atoms with Crippen molar-refractivity contribution in [2.75, 3.05) is 18.5 Å². The second-order valence-corrected chi connectivity index (χ2v) is 14.3. The number of nitrogens with zero attached hydrogens (tertiary/aromatic N) is 3. The fourth-order valence-electron chi connectivity index (χ4n) is 2.38. The van der Waals surface area contributed by atoms with Crippen LogP contribution in [0.25, 0.3) is 0 Å². The standard InChI is InChI=1S/C19H29N5O5SSi/c1-19(2,3)31(5,6)29-9-7-8-20-16(25)14-12-30-18(21-14)22-17(26)15-10-13(24(27)28)11-23(15)4/h10-12H,7-9H2,1-6H3,(H,20,25)(H,21,22,26). The van der Waals surface area contributed by atoms with E-state index >= 15 is 0 Å². The lowest BCUT2D eigenvalue weighted by Crippen LogP contribution is -2.41. The lowest BCUT2D eigenvalue weighted by molar-refractivity contribution is -0.384. The molecule has 0 aliphatic heterocycles. The van der Waals surface area contributed by atoms with Gasteiger partial charge in [0.1, 0.15) is 11.4 Å². The van der Waals surface area contributed by atoms with E-state index in [0.29, 0.717) is 19.6 Å². The molecule has 0 aromatic carbocycles. The van der Waals surface area contributed by atoms with Crippen molar-refractivity contribution in [3.63, 3.8) is 0 Å². The van der Waals surface area contributed by atoms with Crippen LogP contribution in [-0.4, -0.2) is 47.8 Å². The van der Waals surface area contributed by atoms with Gasteiger partial charge in [-0.15, -0.1) is 11.3 Å². The van der Waals surface area contributed by atoms with Crippen molar-refractivity contribution in [1.29, 1.82) is 0 Å². The summed E-state index contributed by atoms with van der Waals surface area (Å²) in [6.07, 6.45) is 1.95. The van der Waals surface area contributed by atoms with Crippen LogP contribution in [0.1, 0.15) is 48.2 Å². The fourth-order valence-corrected chi connectivity index (χ4v) is 4.15. The van der Waals surface area contributed by atoms with E-state index in [9.17, 15) is 19.7 Å². The Morgan fingerprint density at radius 2 is 2.00 bits per heavy atom. The topological polar surface area (TPSA) is 128 Å². The molecule has 2 heterocycles. The van der Waals surface area contributed by atoms with Gasteiger partial charge >= 0.3 is 0 Å². The third kappa shape index (κ3) is 6.45. The van der Waals surface area contributed by atoms with Crippen LogP contribution in [0, 0.1) is 10.1 Å². The van der Waals surface area contributed by atoms with Gasteiger partial charge in [0.25, 0.3) is 17.5 Å². The van der Waals surface area contributed by atoms with Crippen molar-refractivity contribution >= 4 is 42.3 Å². The molecule has 2 amide bonds. The van der Waals surface area contributed by atoms with Crippen LogP contribution in [-0.2, 0) is 11.5 Å². The van der Waals surface area contributed by atoms with Crippen LogP contribution >= 0.6 is 11.3 Å². The van der Waals surface area contributed by atoms with Crippen molar-refractivity contribution < 1.29 is 18.9 Å². The molecule has 12 heteroatoms. The average molecular weight is 468 g/mol. The number of hydrogen-bond donors (Lipinski definition) is 2. The fraction of sp³-hybridized carbons (Fsp3) is 0.526. The number of aryl methyl sites for hydroxylation is 1. The summed E-state index contributed by atoms with van der Waals surface area (Å²) < 4.78 is 7.44. The largest absolute Gasteiger partial charge is 0.417 e. The molecule has 0 unspecified atom stereocenters. The van der Waals surface area contributed by atoms with Gasteiger partial charge in [-0.2, -0.15) is 0 Å². The molecule has 0 aliphatic rings. The van der Waals surface area contributed by atoms with Crippen LogP contribution in [0.4, 0.5) is 10.8 Å². The zero-order valence-corrected chi connectivity index (χ0v) is 20.5. The summed E-state index contributed by atoms with van der Waals surface area (Å²) in [5.74, 6) is -0.877. The van der Waals surface area contributed by atoms with E-state index in [1.807, 2.05) is 0 Å². The van der Waals surface area contributed by atoms with Crippen LogP contribution in [0.15, 0.2) is 17.6 Å². The molecule has 0 radical (unpaired) electrons. The quantitative estimate of drug-likeness (QED) is 0.250. The molecule has 0 fully saturated rings. The first-order chi connectivity index (χ1) is 14.3. The highest BCUT2D eigenvalue weighted by Crippen LogP contribution is 2.36. The summed E-state index contributed by atoms with van der Waals surface area (Å²) in [5.41, 5.74) is 0.141. The second kappa shape index (κ2) is 9.70. The molecule has 0 saturated carbocycles. The maximum atomic E-state index is 12.3. The number of rotatable bonds is 9. The number of anilines is 1. The smallest absolute Gasteiger partial charge is 0.287 e. The van der Waals surface area contributed by atoms with Gasteiger partial charge in [0.05, 0.1) is 11.1 Å². The molecule has 0 atom stereocenters. The third-order valence-electron chi connectivity index (χ3n) is 5.27. The summed E-state index contributed by atoms with van der Waals surface area (Å²) in [4.78, 5) is 39.0. The van der Waals surface area contributed by atoms with Gasteiger partial charge in [-0.3, -0.25) is 25.0 Å². The predicted octanol–water partition coefficient (Wildman–Crippen LogP) is 3.78. The average Bonchev–Trinajstić information content (AvgIpc) is 3.27. The molecule has 2 rings (SSSR count). The Hall–Kier alpha value is -2.57. The van der Waals surface area contributed by atoms with Crippen LogP contribution in [0.2, 0.25) is 18.1 Å². The van der Waals surface area contributed by atoms with Crippen LogP contribution in [0.3, 0.4) is 0 Å². The third-order valence-corrected chi connectivity index (χ3v) is 10.6. The molecule has 10 nitrogen and oxygen atoms in total. The Balaban J connectivity index is 1.83. The first-order valence-electron chi connectivity index (χ1n) is 9.81. The van der Waals surface area contributed by atoms with E-state index in [1.54, 1.807) is 5.38 Å². The minimum absolute atomic E-state index is 0.120. The van der Waals surface area contributed by atoms with Crippen LogP contribution in [0.5, 0.6) is 0 Å². The number of aromatic nitrogens is 2. The van der Waals surface area contributed by atoms with E-state index < -0.39 is 19.1 Å². The number of nitrogens with one attached hydrogen (secondary N) is 2. The van der Waals surface area contributed by atoms with E-state index in [2.05, 4.69) is 49.5 Å². The zero-order valence-electron chi connectivity index (χ0n) is 18.6. The summed E-state index contributed by atoms with van der Waals surface area (Å²) in [5, 5.41) is 18.1. The van der Waals surface area contributed by atoms with Gasteiger partial charge in [-0.1, -0.05) is 20.8 Å². The van der Waals surface area contributed by atoms with Crippen molar-refractivity contribution in [2.24, 2.45) is 7.05 Å². The molecule has 0 aliphatic carbocycles. The Morgan fingerprint density at radius 3 is 2.58 bits per heavy atom. The predicted molar refractivity (Wildman–Crippen MR) is 122 cm³/mol. The van der Waals surface area contributed by atoms with Gasteiger partial charge < -0.3 is 14.3 Å². The summed E-state index contributed by atoms with van der Waals surface area (Å²) >= 11 is 1.10. The SMILES string of the molecule is Cn1cc([N+](=O)[O-])cc1C(=O)Nc1nc(C(=O)NCCCO[Si](C)(C)C(C)(C)C)cs1. The Labute approximate surface area is 186 Å². The number of amides is 2. The maximum absolute atomic E-state index is 12.3. The molecule has 2 aromatic heterocycles. The molecular formula is C19H29N5O5SSi. The summed E-state index contributed by atoms with van der Waals surface area (Å²) in [6.45, 7) is 11.9. The normalized spacial score (nSPS) is 11.9. The summed E-state index contributed by atoms with van der Waals surface area (Å²) in [7, 11) is -0.259. The molecule has 170 valence electrons. The van der Waals surface area contributed by atoms with Gasteiger partial charge in [0, 0.05) is 31.6 Å². The van der Waals surface area contributed by atoms with Crippen molar-refractivity contribution in [2.45, 2.75) is 45.3 Å². The number of hydrogen-bond acceptors (Lipinski definition) is 7. The van der Waals surface area contributed by atoms with Gasteiger partial charge in [0.2, 0.25) is 0 Å². The highest BCUT2D eigenvalue weighted by Gasteiger charge is 2.36. The molecule has 0 bridgehead atoms. The molecule has 0 spiro atoms. The van der Waals surface area contributed by atoms with Gasteiger partial charge in [0.15, 0.2) is 13.4 Å². The molecular weight excluding hydrogens is 438 g/mol. The first-order valence-corrected chi connectivity index (χ1v) is 13.6. The number of nitro groups is 1. The molecule has 2 N–H and O–H groups in total. The Kier molecular flexibility index (Phi) is 7.73. The maximum Gasteiger partial charge on any atom is 0.287 e. The highest BCUT2D eigenvalue weighted by atomic mass is 32.1. The minimum Gasteiger partial charge on any atom is -0.417 e. The van der Waals surface area contributed by atoms with Crippen molar-refractivity contribution in [1.82, 2.24) is 14.9 Å². The van der Waals surface area contributed by atoms with Crippen molar-refractivity contribution in [3.05, 3.63) is 39.1 Å². The lowest BCUT2D eigenvalue weighted by atomic mass is 10.2. The lowest BCUT2D eigenvalue weighted by Gasteiger charge is -2.36. The highest BCUT2D eigenvalue weighted by molar-refractivity contribution is 7.14. The van der Waals surface area contributed by atoms with E-state index in [4.69, 9.17) is 4.43 Å². The second-order valence-electron chi connectivity index (χ2n) is 8.66.